The number of hydrogen-bond acceptors (Lipinski definition) is 21. The highest BCUT2D eigenvalue weighted by Gasteiger charge is 2.49. The molecule has 12 atom stereocenters. The maximum atomic E-state index is 14.9. The molecule has 1 aromatic rings. The van der Waals surface area contributed by atoms with Crippen molar-refractivity contribution < 1.29 is 117 Å². The molecule has 0 bridgehead atoms. The van der Waals surface area contributed by atoms with Gasteiger partial charge in [-0.3, -0.25) is 76.7 Å². The standard InChI is InChI=1S/C77H117N13O24/c1-8-43(2)64(74(111)89-38-18-21-56(89)71(108)83-51(29-33-61(96)97)68(105)82-50(28-32-60(94)95)67(104)80-44(3)65(102)86-55(39-45-19-13-12-14-20-45)70(107)85-53(75(112)113)31-35-63(100)101)87-72(109)57-22-17-37-88(57)73(110)52(30-34-62(98)99)84-69(106)54(40-46-24-26-47(91)27-25-46)81-59(93)41-49(78)58(92)23-15-10-9-11-16-36-79-66(103)48-42-76(4,5)90(114)77(48,6)7/h24-27,42-45,49-57,64,91,114H,8-23,28-41,78H2,1-7H3,(H,79,103)(H,80,104)(H,81,93)(H,82,105)(H,83,108)(H,84,106)(H,85,107)(H,86,102)(H,87,109)(H,94,95)(H,96,97)(H,98,99)(H,100,101)(H,112,113)/t43-,44-,49?,50+,51-,52-,53-,54+,55+,56+,57+,64-/m0/s1. The van der Waals surface area contributed by atoms with Crippen LogP contribution in [0.4, 0.5) is 0 Å². The lowest BCUT2D eigenvalue weighted by Gasteiger charge is -2.35. The van der Waals surface area contributed by atoms with Crippen LogP contribution in [0.5, 0.6) is 5.75 Å². The zero-order valence-electron chi connectivity index (χ0n) is 66.1. The number of ketones is 1. The van der Waals surface area contributed by atoms with E-state index in [1.165, 1.54) is 31.2 Å². The predicted octanol–water partition coefficient (Wildman–Crippen LogP) is 1.31. The van der Waals surface area contributed by atoms with Gasteiger partial charge in [-0.1, -0.05) is 89.8 Å². The summed E-state index contributed by atoms with van der Waals surface area (Å²) >= 11 is 0. The molecule has 0 spiro atoms. The highest BCUT2D eigenvalue weighted by molar-refractivity contribution is 6.00. The van der Waals surface area contributed by atoms with E-state index in [2.05, 4.69) is 47.9 Å². The van der Waals surface area contributed by atoms with Crippen molar-refractivity contribution in [3.05, 3.63) is 41.5 Å². The number of unbranched alkanes of at least 4 members (excludes halogenated alkanes) is 4. The van der Waals surface area contributed by atoms with Gasteiger partial charge in [0, 0.05) is 70.2 Å². The van der Waals surface area contributed by atoms with E-state index >= 15 is 0 Å². The van der Waals surface area contributed by atoms with Gasteiger partial charge in [-0.2, -0.15) is 5.06 Å². The number of benzene rings is 1. The Labute approximate surface area is 661 Å². The average Bonchev–Trinajstić information content (AvgIpc) is 1.61. The third-order valence-electron chi connectivity index (χ3n) is 21.4. The summed E-state index contributed by atoms with van der Waals surface area (Å²) in [5.74, 6) is -18.0. The molecule has 0 aromatic heterocycles. The monoisotopic (exact) mass is 1610 g/mol. The van der Waals surface area contributed by atoms with Crippen molar-refractivity contribution in [2.45, 2.75) is 299 Å². The lowest BCUT2D eigenvalue weighted by molar-refractivity contribution is -0.186. The number of carboxylic acids is 5. The second kappa shape index (κ2) is 45.1. The van der Waals surface area contributed by atoms with Gasteiger partial charge in [0.25, 0.3) is 0 Å². The summed E-state index contributed by atoms with van der Waals surface area (Å²) in [5, 5.41) is 92.8. The number of carbonyl (C=O) groups excluding carboxylic acids is 12. The van der Waals surface area contributed by atoms with Crippen LogP contribution in [-0.4, -0.2) is 248 Å². The molecule has 4 aliphatic rings. The minimum Gasteiger partial charge on any atom is -0.508 e. The number of nitrogens with one attached hydrogen (secondary N) is 9. The molecule has 1 aromatic carbocycles. The Balaban J connectivity index is 1.24. The molecule has 3 heterocycles. The van der Waals surface area contributed by atoms with E-state index in [4.69, 9.17) is 10.8 Å². The number of hydrogen-bond donors (Lipinski definition) is 17. The first-order chi connectivity index (χ1) is 53.6. The summed E-state index contributed by atoms with van der Waals surface area (Å²) in [4.78, 5) is 230. The number of Topliss-reactive ketones (excluding diaryl/α,β-unsaturated/α-hetero) is 1. The molecule has 5 rings (SSSR count). The Morgan fingerprint density at radius 1 is 0.518 bits per heavy atom. The minimum absolute atomic E-state index is 0.0106. The molecule has 634 valence electrons. The first-order valence-corrected chi connectivity index (χ1v) is 39.4. The highest BCUT2D eigenvalue weighted by atomic mass is 16.5. The van der Waals surface area contributed by atoms with Gasteiger partial charge in [0.05, 0.1) is 17.1 Å². The Bertz CT molecular complexity index is 3640. The summed E-state index contributed by atoms with van der Waals surface area (Å²) in [5.41, 5.74) is 5.53. The smallest absolute Gasteiger partial charge is 0.326 e. The molecule has 0 radical (unpaired) electrons. The van der Waals surface area contributed by atoms with Crippen molar-refractivity contribution in [1.29, 1.82) is 0 Å². The molecule has 37 heteroatoms. The third-order valence-corrected chi connectivity index (χ3v) is 21.4. The number of aliphatic carboxylic acids is 5. The van der Waals surface area contributed by atoms with Crippen molar-refractivity contribution in [2.24, 2.45) is 17.6 Å². The number of aromatic hydroxyl groups is 1. The Morgan fingerprint density at radius 2 is 0.991 bits per heavy atom. The average molecular weight is 1610 g/mol. The lowest BCUT2D eigenvalue weighted by Crippen LogP contribution is -2.61. The molecule has 3 aliphatic heterocycles. The maximum absolute atomic E-state index is 14.9. The molecule has 18 N–H and O–H groups in total. The van der Waals surface area contributed by atoms with Crippen molar-refractivity contribution in [3.8, 4) is 5.75 Å². The van der Waals surface area contributed by atoms with Gasteiger partial charge in [-0.15, -0.1) is 0 Å². The number of phenolic OH excluding ortho intramolecular Hbond substituents is 1. The largest absolute Gasteiger partial charge is 0.508 e. The fourth-order valence-corrected chi connectivity index (χ4v) is 14.6. The third kappa shape index (κ3) is 29.3. The van der Waals surface area contributed by atoms with Crippen LogP contribution >= 0.6 is 0 Å². The van der Waals surface area contributed by atoms with Crippen LogP contribution in [0.3, 0.4) is 0 Å². The SMILES string of the molecule is CC[C@H](C)[C@H](NC(=O)[C@H]1CCCN1C(=O)[C@H](CCC(=O)O)NC(=O)[C@@H](Cc1ccc(O)cc1)NC(=O)CC(N)C(=O)CCCCCCCNC(=O)C1=CC(C)(C)N(O)C1(C)C)C(=O)N1CCC[C@@H]1C(=O)N[C@@H](CCC(=O)O)C(=O)N[C@H](CCC(=O)O)C(=O)N[C@@H](C)C(=O)N[C@H](CC1CCCCC1)C(=O)N[C@@H](CCC(=O)O)C(=O)O. The Morgan fingerprint density at radius 3 is 1.54 bits per heavy atom. The van der Waals surface area contributed by atoms with Crippen molar-refractivity contribution >= 4 is 101 Å². The van der Waals surface area contributed by atoms with E-state index in [1.807, 2.05) is 0 Å². The van der Waals surface area contributed by atoms with Gasteiger partial charge in [0.1, 0.15) is 72.0 Å². The molecule has 114 heavy (non-hydrogen) atoms. The first-order valence-electron chi connectivity index (χ1n) is 39.4. The van der Waals surface area contributed by atoms with Gasteiger partial charge >= 0.3 is 29.8 Å². The van der Waals surface area contributed by atoms with E-state index in [-0.39, 0.29) is 82.0 Å². The number of amides is 11. The van der Waals surface area contributed by atoms with E-state index in [0.29, 0.717) is 49.8 Å². The molecule has 2 saturated heterocycles. The second-order valence-corrected chi connectivity index (χ2v) is 31.2. The first kappa shape index (κ1) is 94.4. The number of nitrogens with zero attached hydrogens (tertiary/aromatic N) is 3. The molecular formula is C77H117N13O24. The quantitative estimate of drug-likeness (QED) is 0.0409. The highest BCUT2D eigenvalue weighted by Crippen LogP contribution is 2.38. The van der Waals surface area contributed by atoms with E-state index in [9.17, 15) is 112 Å². The lowest BCUT2D eigenvalue weighted by atomic mass is 9.84. The fraction of sp³-hybridized carbons (Fsp3) is 0.675. The van der Waals surface area contributed by atoms with Crippen LogP contribution in [0, 0.1) is 11.8 Å². The Hall–Kier alpha value is -10.2. The Kier molecular flexibility index (Phi) is 37.3. The van der Waals surface area contributed by atoms with Gasteiger partial charge in [0.15, 0.2) is 0 Å². The number of likely N-dealkylation sites (tertiary alicyclic amines) is 2. The number of nitrogens with two attached hydrogens (primary N) is 1. The van der Waals surface area contributed by atoms with Crippen LogP contribution in [0.15, 0.2) is 35.9 Å². The molecule has 37 nitrogen and oxygen atoms in total. The summed E-state index contributed by atoms with van der Waals surface area (Å²) in [6.45, 7) is 11.9. The zero-order chi connectivity index (χ0) is 84.9. The zero-order valence-corrected chi connectivity index (χ0v) is 66.1. The molecule has 1 aliphatic carbocycles. The molecular weight excluding hydrogens is 1490 g/mol. The van der Waals surface area contributed by atoms with Crippen LogP contribution in [0.2, 0.25) is 0 Å². The summed E-state index contributed by atoms with van der Waals surface area (Å²) in [6.07, 6.45) is 3.99. The minimum atomic E-state index is -1.77. The fourth-order valence-electron chi connectivity index (χ4n) is 14.6. The topological polar surface area (TPSA) is 576 Å². The van der Waals surface area contributed by atoms with Crippen LogP contribution in [0.1, 0.15) is 221 Å². The van der Waals surface area contributed by atoms with Gasteiger partial charge in [0.2, 0.25) is 65.0 Å². The van der Waals surface area contributed by atoms with Crippen LogP contribution in [-0.2, 0) is 87.9 Å². The van der Waals surface area contributed by atoms with Gasteiger partial charge < -0.3 is 99.2 Å². The van der Waals surface area contributed by atoms with E-state index in [0.717, 1.165) is 47.0 Å². The molecule has 1 unspecified atom stereocenters. The van der Waals surface area contributed by atoms with Crippen molar-refractivity contribution in [1.82, 2.24) is 62.7 Å². The summed E-state index contributed by atoms with van der Waals surface area (Å²) in [6, 6.07) is -10.9. The van der Waals surface area contributed by atoms with Crippen LogP contribution in [0.25, 0.3) is 0 Å². The molecule has 11 amide bonds. The van der Waals surface area contributed by atoms with E-state index in [1.54, 1.807) is 47.6 Å². The number of phenols is 1. The van der Waals surface area contributed by atoms with Gasteiger partial charge in [-0.05, 0) is 135 Å². The maximum Gasteiger partial charge on any atom is 0.326 e. The second-order valence-electron chi connectivity index (χ2n) is 31.2. The number of rotatable bonds is 48. The normalized spacial score (nSPS) is 19.2. The van der Waals surface area contributed by atoms with E-state index < -0.39 is 236 Å². The van der Waals surface area contributed by atoms with Crippen molar-refractivity contribution in [3.63, 3.8) is 0 Å². The molecule has 3 fully saturated rings. The summed E-state index contributed by atoms with van der Waals surface area (Å²) < 4.78 is 0. The number of carboxylic acid groups (broad SMARTS) is 5. The van der Waals surface area contributed by atoms with Crippen LogP contribution < -0.4 is 53.6 Å². The molecule has 1 saturated carbocycles. The van der Waals surface area contributed by atoms with Crippen molar-refractivity contribution in [2.75, 3.05) is 19.6 Å². The van der Waals surface area contributed by atoms with Gasteiger partial charge in [-0.25, -0.2) is 4.79 Å². The summed E-state index contributed by atoms with van der Waals surface area (Å²) in [7, 11) is 0. The predicted molar refractivity (Wildman–Crippen MR) is 406 cm³/mol. The number of carbonyl (C=O) groups is 17. The number of hydroxylamine groups is 2.